The smallest absolute Gasteiger partial charge is 0.302 e. The van der Waals surface area contributed by atoms with Crippen LogP contribution >= 0.6 is 0 Å². The van der Waals surface area contributed by atoms with E-state index in [4.69, 9.17) is 39.9 Å². The molecule has 14 nitrogen and oxygen atoms in total. The highest BCUT2D eigenvalue weighted by Gasteiger charge is 2.35. The molecule has 276 valence electrons. The fourth-order valence-electron chi connectivity index (χ4n) is 6.08. The Morgan fingerprint density at radius 3 is 1.41 bits per heavy atom. The number of esters is 2. The lowest BCUT2D eigenvalue weighted by molar-refractivity contribution is -0.143. The molecule has 0 bridgehead atoms. The molecule has 0 spiro atoms. The Kier molecular flexibility index (Phi) is 13.2. The Morgan fingerprint density at radius 2 is 1.06 bits per heavy atom. The van der Waals surface area contributed by atoms with Crippen molar-refractivity contribution in [3.05, 3.63) is 59.7 Å². The van der Waals surface area contributed by atoms with E-state index in [1.54, 1.807) is 34.1 Å². The summed E-state index contributed by atoms with van der Waals surface area (Å²) < 4.78 is 33.3. The summed E-state index contributed by atoms with van der Waals surface area (Å²) in [4.78, 5) is 52.7. The zero-order valence-electron chi connectivity index (χ0n) is 29.8. The van der Waals surface area contributed by atoms with Crippen molar-refractivity contribution in [2.75, 3.05) is 65.2 Å². The summed E-state index contributed by atoms with van der Waals surface area (Å²) >= 11 is 0. The monoisotopic (exact) mass is 708 g/mol. The number of nitrogen functional groups attached to an aromatic ring is 2. The Balaban J connectivity index is 1.28. The van der Waals surface area contributed by atoms with Crippen LogP contribution in [0.1, 0.15) is 66.7 Å². The molecular formula is C37H48N4O10. The number of anilines is 2. The quantitative estimate of drug-likeness (QED) is 0.110. The van der Waals surface area contributed by atoms with Crippen LogP contribution in [0, 0.1) is 0 Å². The molecule has 14 heteroatoms. The van der Waals surface area contributed by atoms with Crippen LogP contribution in [0.25, 0.3) is 0 Å². The van der Waals surface area contributed by atoms with Gasteiger partial charge in [0.1, 0.15) is 13.2 Å². The van der Waals surface area contributed by atoms with E-state index in [2.05, 4.69) is 13.2 Å². The number of carbonyl (C=O) groups excluding carboxylic acids is 4. The number of unbranched alkanes of at least 4 members (excludes halogenated alkanes) is 2. The molecule has 51 heavy (non-hydrogen) atoms. The number of hydrogen-bond acceptors (Lipinski definition) is 12. The van der Waals surface area contributed by atoms with Crippen LogP contribution in [0.2, 0.25) is 0 Å². The van der Waals surface area contributed by atoms with Crippen molar-refractivity contribution in [3.8, 4) is 23.0 Å². The molecule has 2 saturated heterocycles. The van der Waals surface area contributed by atoms with Gasteiger partial charge in [0.15, 0.2) is 23.0 Å². The zero-order valence-corrected chi connectivity index (χ0v) is 29.8. The fourth-order valence-corrected chi connectivity index (χ4v) is 6.08. The number of nitrogens with zero attached hydrogens (tertiary/aromatic N) is 2. The molecule has 0 saturated carbocycles. The lowest BCUT2D eigenvalue weighted by Crippen LogP contribution is -2.39. The number of benzene rings is 2. The van der Waals surface area contributed by atoms with Crippen LogP contribution < -0.4 is 30.4 Å². The van der Waals surface area contributed by atoms with Gasteiger partial charge in [-0.2, -0.15) is 0 Å². The molecule has 2 aliphatic rings. The van der Waals surface area contributed by atoms with Crippen LogP contribution in [-0.2, 0) is 19.1 Å². The molecule has 2 aromatic carbocycles. The van der Waals surface area contributed by atoms with Crippen LogP contribution in [0.5, 0.6) is 23.0 Å². The lowest BCUT2D eigenvalue weighted by Gasteiger charge is -2.25. The van der Waals surface area contributed by atoms with E-state index in [9.17, 15) is 19.2 Å². The van der Waals surface area contributed by atoms with Crippen molar-refractivity contribution in [2.45, 2.75) is 58.0 Å². The second kappa shape index (κ2) is 17.5. The minimum atomic E-state index is -0.417. The van der Waals surface area contributed by atoms with E-state index >= 15 is 0 Å². The standard InChI is InChI=1S/C37H48N4O10/c1-22-12-26(20-50-24(3)42)40(18-22)36(44)28-14-32(46-5)34(16-30(28)38)48-10-8-7-9-11-49-35-17-31(39)29(15-33(35)47-6)37(45)41-19-23(2)13-27(41)21-51-25(4)43/h14-17,26-27H,1-2,7-13,18-21,38-39H2,3-6H3/t26-,27-/m0/s1. The molecule has 2 amide bonds. The van der Waals surface area contributed by atoms with Gasteiger partial charge in [-0.05, 0) is 44.2 Å². The second-order valence-corrected chi connectivity index (χ2v) is 12.6. The third-order valence-electron chi connectivity index (χ3n) is 8.63. The van der Waals surface area contributed by atoms with E-state index in [1.807, 2.05) is 0 Å². The summed E-state index contributed by atoms with van der Waals surface area (Å²) in [5, 5.41) is 0. The van der Waals surface area contributed by atoms with Gasteiger partial charge in [0, 0.05) is 50.4 Å². The Bertz CT molecular complexity index is 1540. The first-order valence-electron chi connectivity index (χ1n) is 16.7. The van der Waals surface area contributed by atoms with Gasteiger partial charge in [-0.3, -0.25) is 19.2 Å². The van der Waals surface area contributed by atoms with Gasteiger partial charge in [0.2, 0.25) is 0 Å². The summed E-state index contributed by atoms with van der Waals surface area (Å²) in [6, 6.07) is 5.63. The maximum atomic E-state index is 13.4. The molecule has 4 rings (SSSR count). The summed E-state index contributed by atoms with van der Waals surface area (Å²) in [6.07, 6.45) is 3.24. The zero-order chi connectivity index (χ0) is 37.2. The summed E-state index contributed by atoms with van der Waals surface area (Å²) in [6.45, 7) is 12.2. The topological polar surface area (TPSA) is 182 Å². The molecule has 0 aliphatic carbocycles. The van der Waals surface area contributed by atoms with Crippen molar-refractivity contribution in [2.24, 2.45) is 0 Å². The molecule has 2 fully saturated rings. The number of rotatable bonds is 16. The van der Waals surface area contributed by atoms with Crippen molar-refractivity contribution in [1.82, 2.24) is 9.80 Å². The van der Waals surface area contributed by atoms with Gasteiger partial charge in [-0.15, -0.1) is 0 Å². The van der Waals surface area contributed by atoms with Crippen LogP contribution in [-0.4, -0.2) is 99.4 Å². The third kappa shape index (κ3) is 9.86. The van der Waals surface area contributed by atoms with Crippen molar-refractivity contribution in [3.63, 3.8) is 0 Å². The maximum absolute atomic E-state index is 13.4. The highest BCUT2D eigenvalue weighted by atomic mass is 16.5. The second-order valence-electron chi connectivity index (χ2n) is 12.6. The van der Waals surface area contributed by atoms with E-state index in [0.29, 0.717) is 75.0 Å². The molecule has 2 aromatic rings. The number of likely N-dealkylation sites (tertiary alicyclic amines) is 2. The first-order valence-corrected chi connectivity index (χ1v) is 16.7. The van der Waals surface area contributed by atoms with Gasteiger partial charge < -0.3 is 49.7 Å². The number of hydrogen-bond donors (Lipinski definition) is 2. The van der Waals surface area contributed by atoms with Crippen molar-refractivity contribution in [1.29, 1.82) is 0 Å². The summed E-state index contributed by atoms with van der Waals surface area (Å²) in [5.74, 6) is 0.107. The van der Waals surface area contributed by atoms with Gasteiger partial charge in [0.05, 0.1) is 50.6 Å². The number of nitrogens with two attached hydrogens (primary N) is 2. The predicted octanol–water partition coefficient (Wildman–Crippen LogP) is 4.16. The average Bonchev–Trinajstić information content (AvgIpc) is 3.66. The van der Waals surface area contributed by atoms with Crippen LogP contribution in [0.4, 0.5) is 11.4 Å². The van der Waals surface area contributed by atoms with E-state index in [-0.39, 0.29) is 59.6 Å². The number of carbonyl (C=O) groups is 4. The SMILES string of the molecule is C=C1C[C@@H](COC(C)=O)N(C(=O)c2cc(OC)c(OCCCCCOc3cc(N)c(C(=O)N4CC(=C)C[C@H]4COC(C)=O)cc3OC)cc2N)C1. The molecule has 2 atom stereocenters. The molecule has 0 aromatic heterocycles. The molecule has 4 N–H and O–H groups in total. The number of methoxy groups -OCH3 is 2. The summed E-state index contributed by atoms with van der Waals surface area (Å²) in [5.41, 5.74) is 15.3. The largest absolute Gasteiger partial charge is 0.493 e. The van der Waals surface area contributed by atoms with E-state index < -0.39 is 11.9 Å². The number of ether oxygens (including phenoxy) is 6. The number of amides is 2. The van der Waals surface area contributed by atoms with Crippen molar-refractivity contribution >= 4 is 35.1 Å². The highest BCUT2D eigenvalue weighted by molar-refractivity contribution is 6.01. The average molecular weight is 709 g/mol. The van der Waals surface area contributed by atoms with Crippen molar-refractivity contribution < 1.29 is 47.6 Å². The third-order valence-corrected chi connectivity index (χ3v) is 8.63. The highest BCUT2D eigenvalue weighted by Crippen LogP contribution is 2.36. The molecule has 2 aliphatic heterocycles. The van der Waals surface area contributed by atoms with Gasteiger partial charge >= 0.3 is 11.9 Å². The first-order chi connectivity index (χ1) is 24.3. The molecule has 0 radical (unpaired) electrons. The minimum absolute atomic E-state index is 0.0792. The fraction of sp³-hybridized carbons (Fsp3) is 0.459. The van der Waals surface area contributed by atoms with Crippen LogP contribution in [0.15, 0.2) is 48.6 Å². The predicted molar refractivity (Wildman–Crippen MR) is 190 cm³/mol. The minimum Gasteiger partial charge on any atom is -0.493 e. The molecular weight excluding hydrogens is 660 g/mol. The summed E-state index contributed by atoms with van der Waals surface area (Å²) in [7, 11) is 2.97. The van der Waals surface area contributed by atoms with E-state index in [0.717, 1.165) is 17.6 Å². The Morgan fingerprint density at radius 1 is 0.667 bits per heavy atom. The Hall–Kier alpha value is -5.40. The first kappa shape index (κ1) is 38.4. The van der Waals surface area contributed by atoms with Gasteiger partial charge in [0.25, 0.3) is 11.8 Å². The molecule has 0 unspecified atom stereocenters. The normalized spacial score (nSPS) is 16.9. The van der Waals surface area contributed by atoms with Gasteiger partial charge in [-0.1, -0.05) is 24.3 Å². The van der Waals surface area contributed by atoms with E-state index in [1.165, 1.54) is 28.1 Å². The molecule has 2 heterocycles. The maximum Gasteiger partial charge on any atom is 0.302 e. The Labute approximate surface area is 298 Å². The van der Waals surface area contributed by atoms with Gasteiger partial charge in [-0.25, -0.2) is 0 Å². The lowest BCUT2D eigenvalue weighted by atomic mass is 10.1. The van der Waals surface area contributed by atoms with Crippen LogP contribution in [0.3, 0.4) is 0 Å².